The fourth-order valence-electron chi connectivity index (χ4n) is 0.774. The van der Waals surface area contributed by atoms with Crippen LogP contribution in [0.25, 0.3) is 0 Å². The summed E-state index contributed by atoms with van der Waals surface area (Å²) in [6, 6.07) is 6.87. The van der Waals surface area contributed by atoms with E-state index >= 15 is 0 Å². The molecule has 0 spiro atoms. The van der Waals surface area contributed by atoms with Crippen molar-refractivity contribution in [2.45, 2.75) is 5.38 Å². The number of hydrogen-bond acceptors (Lipinski definition) is 1. The number of aliphatic carboxylic acids is 1. The Labute approximate surface area is 83.3 Å². The molecule has 0 saturated carbocycles. The number of benzene rings is 1. The van der Waals surface area contributed by atoms with Crippen LogP contribution in [0.4, 0.5) is 0 Å². The van der Waals surface area contributed by atoms with E-state index in [4.69, 9.17) is 16.7 Å². The Bertz CT molecular complexity index is 284. The van der Waals surface area contributed by atoms with Crippen molar-refractivity contribution in [3.05, 3.63) is 34.3 Å². The van der Waals surface area contributed by atoms with Crippen LogP contribution >= 0.6 is 27.5 Å². The molecule has 0 aliphatic rings. The molecule has 1 aromatic rings. The predicted molar refractivity (Wildman–Crippen MR) is 50.4 cm³/mol. The molecule has 1 N–H and O–H groups in total. The number of alkyl halides is 1. The molecule has 0 fully saturated rings. The SMILES string of the molecule is O=C(O)C(Cl)c1ccc(Br)cc1. The van der Waals surface area contributed by atoms with Crippen LogP contribution in [0, 0.1) is 0 Å². The van der Waals surface area contributed by atoms with Crippen LogP contribution in [-0.4, -0.2) is 11.1 Å². The maximum absolute atomic E-state index is 10.4. The zero-order valence-electron chi connectivity index (χ0n) is 6.00. The molecule has 0 aliphatic carbocycles. The summed E-state index contributed by atoms with van der Waals surface area (Å²) in [6.07, 6.45) is 0. The minimum atomic E-state index is -1.03. The highest BCUT2D eigenvalue weighted by Gasteiger charge is 2.15. The summed E-state index contributed by atoms with van der Waals surface area (Å²) in [4.78, 5) is 10.4. The largest absolute Gasteiger partial charge is 0.480 e. The highest BCUT2D eigenvalue weighted by atomic mass is 79.9. The van der Waals surface area contributed by atoms with Gasteiger partial charge < -0.3 is 5.11 Å². The van der Waals surface area contributed by atoms with Gasteiger partial charge in [-0.05, 0) is 17.7 Å². The van der Waals surface area contributed by atoms with Crippen LogP contribution in [-0.2, 0) is 4.79 Å². The van der Waals surface area contributed by atoms with E-state index in [0.717, 1.165) is 4.47 Å². The van der Waals surface area contributed by atoms with Gasteiger partial charge in [0, 0.05) is 4.47 Å². The summed E-state index contributed by atoms with van der Waals surface area (Å²) in [5.41, 5.74) is 0.590. The monoisotopic (exact) mass is 248 g/mol. The first-order chi connectivity index (χ1) is 5.61. The fraction of sp³-hybridized carbons (Fsp3) is 0.125. The second-order valence-electron chi connectivity index (χ2n) is 2.25. The molecule has 0 aromatic heterocycles. The molecule has 0 saturated heterocycles. The quantitative estimate of drug-likeness (QED) is 0.818. The number of halogens is 2. The lowest BCUT2D eigenvalue weighted by atomic mass is 10.1. The zero-order chi connectivity index (χ0) is 9.14. The van der Waals surface area contributed by atoms with Gasteiger partial charge in [-0.3, -0.25) is 4.79 Å². The van der Waals surface area contributed by atoms with Gasteiger partial charge in [-0.25, -0.2) is 0 Å². The topological polar surface area (TPSA) is 37.3 Å². The van der Waals surface area contributed by atoms with Gasteiger partial charge in [0.25, 0.3) is 0 Å². The summed E-state index contributed by atoms with van der Waals surface area (Å²) in [7, 11) is 0. The average molecular weight is 249 g/mol. The van der Waals surface area contributed by atoms with E-state index in [0.29, 0.717) is 5.56 Å². The zero-order valence-corrected chi connectivity index (χ0v) is 8.34. The second-order valence-corrected chi connectivity index (χ2v) is 3.60. The van der Waals surface area contributed by atoms with Crippen LogP contribution in [0.15, 0.2) is 28.7 Å². The molecule has 12 heavy (non-hydrogen) atoms. The van der Waals surface area contributed by atoms with Gasteiger partial charge in [-0.15, -0.1) is 11.6 Å². The maximum Gasteiger partial charge on any atom is 0.326 e. The Kier molecular flexibility index (Phi) is 3.12. The number of hydrogen-bond donors (Lipinski definition) is 1. The Morgan fingerprint density at radius 2 is 1.92 bits per heavy atom. The smallest absolute Gasteiger partial charge is 0.326 e. The molecular formula is C8H6BrClO2. The molecule has 0 radical (unpaired) electrons. The van der Waals surface area contributed by atoms with E-state index in [1.165, 1.54) is 0 Å². The van der Waals surface area contributed by atoms with E-state index in [-0.39, 0.29) is 0 Å². The standard InChI is InChI=1S/C8H6BrClO2/c9-6-3-1-5(2-4-6)7(10)8(11)12/h1-4,7H,(H,11,12). The molecule has 1 aromatic carbocycles. The number of carboxylic acids is 1. The summed E-state index contributed by atoms with van der Waals surface area (Å²) in [6.45, 7) is 0. The molecule has 0 heterocycles. The summed E-state index contributed by atoms with van der Waals surface area (Å²) in [5, 5.41) is 7.60. The summed E-state index contributed by atoms with van der Waals surface area (Å²) in [5.74, 6) is -1.03. The van der Waals surface area contributed by atoms with E-state index in [2.05, 4.69) is 15.9 Å². The van der Waals surface area contributed by atoms with Gasteiger partial charge in [0.1, 0.15) is 0 Å². The Morgan fingerprint density at radius 3 is 2.33 bits per heavy atom. The van der Waals surface area contributed by atoms with E-state index in [1.54, 1.807) is 24.3 Å². The van der Waals surface area contributed by atoms with Crippen molar-refractivity contribution < 1.29 is 9.90 Å². The van der Waals surface area contributed by atoms with Gasteiger partial charge in [0.15, 0.2) is 5.38 Å². The number of rotatable bonds is 2. The van der Waals surface area contributed by atoms with Crippen molar-refractivity contribution in [3.8, 4) is 0 Å². The number of carboxylic acid groups (broad SMARTS) is 1. The molecule has 0 bridgehead atoms. The highest BCUT2D eigenvalue weighted by molar-refractivity contribution is 9.10. The lowest BCUT2D eigenvalue weighted by Crippen LogP contribution is -2.04. The van der Waals surface area contributed by atoms with Crippen molar-refractivity contribution in [3.63, 3.8) is 0 Å². The molecule has 4 heteroatoms. The molecule has 1 unspecified atom stereocenters. The molecule has 1 atom stereocenters. The van der Waals surface area contributed by atoms with Gasteiger partial charge in [-0.1, -0.05) is 28.1 Å². The number of carbonyl (C=O) groups is 1. The first-order valence-corrected chi connectivity index (χ1v) is 4.46. The minimum absolute atomic E-state index is 0.590. The van der Waals surface area contributed by atoms with Crippen LogP contribution in [0.1, 0.15) is 10.9 Å². The molecular weight excluding hydrogens is 243 g/mol. The van der Waals surface area contributed by atoms with Crippen LogP contribution < -0.4 is 0 Å². The van der Waals surface area contributed by atoms with Crippen LogP contribution in [0.2, 0.25) is 0 Å². The Hall–Kier alpha value is -0.540. The second kappa shape index (κ2) is 3.92. The summed E-state index contributed by atoms with van der Waals surface area (Å²) < 4.78 is 0.903. The fourth-order valence-corrected chi connectivity index (χ4v) is 1.18. The molecule has 2 nitrogen and oxygen atoms in total. The van der Waals surface area contributed by atoms with Gasteiger partial charge in [0.05, 0.1) is 0 Å². The molecule has 0 aliphatic heterocycles. The average Bonchev–Trinajstić information content (AvgIpc) is 2.04. The van der Waals surface area contributed by atoms with Gasteiger partial charge in [0.2, 0.25) is 0 Å². The lowest BCUT2D eigenvalue weighted by Gasteiger charge is -2.03. The van der Waals surface area contributed by atoms with E-state index in [1.807, 2.05) is 0 Å². The summed E-state index contributed by atoms with van der Waals surface area (Å²) >= 11 is 8.82. The maximum atomic E-state index is 10.4. The molecule has 64 valence electrons. The van der Waals surface area contributed by atoms with Crippen molar-refractivity contribution in [2.75, 3.05) is 0 Å². The first kappa shape index (κ1) is 9.55. The molecule has 0 amide bonds. The van der Waals surface area contributed by atoms with Crippen molar-refractivity contribution >= 4 is 33.5 Å². The van der Waals surface area contributed by atoms with Crippen LogP contribution in [0.5, 0.6) is 0 Å². The highest BCUT2D eigenvalue weighted by Crippen LogP contribution is 2.22. The Morgan fingerprint density at radius 1 is 1.42 bits per heavy atom. The van der Waals surface area contributed by atoms with E-state index < -0.39 is 11.3 Å². The van der Waals surface area contributed by atoms with Crippen molar-refractivity contribution in [2.24, 2.45) is 0 Å². The Balaban J connectivity index is 2.89. The first-order valence-electron chi connectivity index (χ1n) is 3.23. The van der Waals surface area contributed by atoms with E-state index in [9.17, 15) is 4.79 Å². The van der Waals surface area contributed by atoms with Crippen molar-refractivity contribution in [1.82, 2.24) is 0 Å². The normalized spacial score (nSPS) is 12.5. The minimum Gasteiger partial charge on any atom is -0.480 e. The lowest BCUT2D eigenvalue weighted by molar-refractivity contribution is -0.136. The third-order valence-corrected chi connectivity index (χ3v) is 2.35. The predicted octanol–water partition coefficient (Wildman–Crippen LogP) is 2.81. The third-order valence-electron chi connectivity index (χ3n) is 1.38. The van der Waals surface area contributed by atoms with Gasteiger partial charge >= 0.3 is 5.97 Å². The van der Waals surface area contributed by atoms with Crippen LogP contribution in [0.3, 0.4) is 0 Å². The van der Waals surface area contributed by atoms with Crippen molar-refractivity contribution in [1.29, 1.82) is 0 Å². The van der Waals surface area contributed by atoms with Gasteiger partial charge in [-0.2, -0.15) is 0 Å². The molecule has 1 rings (SSSR count). The third kappa shape index (κ3) is 2.22.